The molecule has 0 heterocycles. The lowest BCUT2D eigenvalue weighted by atomic mass is 10.0. The molecule has 35 heavy (non-hydrogen) atoms. The Bertz CT molecular complexity index is 879. The molecule has 2 aromatic carbocycles. The number of para-hydroxylation sites is 2. The van der Waals surface area contributed by atoms with Crippen molar-refractivity contribution in [2.45, 2.75) is 98.3 Å². The maximum Gasteiger partial charge on any atom is 0.0949 e. The molecule has 0 saturated heterocycles. The fraction of sp³-hybridized carbons (Fsp3) is 0.548. The first-order valence-electron chi connectivity index (χ1n) is 13.7. The lowest BCUT2D eigenvalue weighted by molar-refractivity contribution is 0.698. The molecular weight excluding hydrogens is 428 g/mol. The van der Waals surface area contributed by atoms with Crippen LogP contribution in [0.3, 0.4) is 0 Å². The second kappa shape index (κ2) is 17.6. The van der Waals surface area contributed by atoms with Gasteiger partial charge in [-0.15, -0.1) is 0 Å². The molecule has 2 rings (SSSR count). The SMILES string of the molecule is CCCc1cccc(CCC)c1N=C=NCCCCCN=C=Nc1c(CCC)cccc1CCC. The molecule has 4 nitrogen and oxygen atoms in total. The monoisotopic (exact) mass is 472 g/mol. The summed E-state index contributed by atoms with van der Waals surface area (Å²) in [6.07, 6.45) is 11.8. The number of aryl methyl sites for hydroxylation is 4. The molecule has 0 aliphatic rings. The second-order valence-electron chi connectivity index (χ2n) is 9.10. The van der Waals surface area contributed by atoms with E-state index >= 15 is 0 Å². The first-order valence-corrected chi connectivity index (χ1v) is 13.7. The second-order valence-corrected chi connectivity index (χ2v) is 9.10. The molecule has 0 aliphatic carbocycles. The Hall–Kier alpha value is -2.80. The molecule has 0 aromatic heterocycles. The third-order valence-corrected chi connectivity index (χ3v) is 5.99. The van der Waals surface area contributed by atoms with Gasteiger partial charge in [-0.3, -0.25) is 0 Å². The fourth-order valence-corrected chi connectivity index (χ4v) is 4.29. The van der Waals surface area contributed by atoms with Gasteiger partial charge in [-0.1, -0.05) is 89.8 Å². The molecule has 0 amide bonds. The van der Waals surface area contributed by atoms with E-state index in [0.29, 0.717) is 0 Å². The summed E-state index contributed by atoms with van der Waals surface area (Å²) in [5.41, 5.74) is 7.38. The maximum absolute atomic E-state index is 4.61. The number of unbranched alkanes of at least 4 members (excludes halogenated alkanes) is 2. The van der Waals surface area contributed by atoms with Crippen LogP contribution in [-0.4, -0.2) is 25.1 Å². The van der Waals surface area contributed by atoms with Gasteiger partial charge < -0.3 is 0 Å². The van der Waals surface area contributed by atoms with Crippen LogP contribution in [0.1, 0.15) is 94.9 Å². The molecule has 0 aliphatic heterocycles. The summed E-state index contributed by atoms with van der Waals surface area (Å²) < 4.78 is 0. The maximum atomic E-state index is 4.61. The van der Waals surface area contributed by atoms with Gasteiger partial charge in [0.25, 0.3) is 0 Å². The Balaban J connectivity index is 1.83. The molecule has 0 N–H and O–H groups in total. The highest BCUT2D eigenvalue weighted by Crippen LogP contribution is 2.27. The van der Waals surface area contributed by atoms with Gasteiger partial charge in [0.1, 0.15) is 0 Å². The fourth-order valence-electron chi connectivity index (χ4n) is 4.29. The van der Waals surface area contributed by atoms with E-state index in [0.717, 1.165) is 95.1 Å². The first-order chi connectivity index (χ1) is 17.2. The zero-order valence-corrected chi connectivity index (χ0v) is 22.4. The van der Waals surface area contributed by atoms with Crippen LogP contribution in [0.2, 0.25) is 0 Å². The molecule has 4 heteroatoms. The molecule has 0 spiro atoms. The number of nitrogens with zero attached hydrogens (tertiary/aromatic N) is 4. The average molecular weight is 473 g/mol. The van der Waals surface area contributed by atoms with Crippen molar-refractivity contribution in [3.63, 3.8) is 0 Å². The molecule has 2 aromatic rings. The zero-order valence-electron chi connectivity index (χ0n) is 22.4. The third-order valence-electron chi connectivity index (χ3n) is 5.99. The van der Waals surface area contributed by atoms with Crippen LogP contribution in [0.4, 0.5) is 11.4 Å². The summed E-state index contributed by atoms with van der Waals surface area (Å²) in [5, 5.41) is 0. The van der Waals surface area contributed by atoms with Gasteiger partial charge in [0.2, 0.25) is 0 Å². The van der Waals surface area contributed by atoms with E-state index in [-0.39, 0.29) is 0 Å². The van der Waals surface area contributed by atoms with E-state index < -0.39 is 0 Å². The van der Waals surface area contributed by atoms with Gasteiger partial charge in [0.05, 0.1) is 23.4 Å². The predicted octanol–water partition coefficient (Wildman–Crippen LogP) is 8.98. The summed E-state index contributed by atoms with van der Waals surface area (Å²) >= 11 is 0. The number of hydrogen-bond donors (Lipinski definition) is 0. The van der Waals surface area contributed by atoms with Crippen LogP contribution in [0, 0.1) is 0 Å². The number of aliphatic imine (C=N–C) groups is 4. The van der Waals surface area contributed by atoms with Crippen molar-refractivity contribution < 1.29 is 0 Å². The normalized spacial score (nSPS) is 10.4. The minimum atomic E-state index is 0.755. The Labute approximate surface area is 213 Å². The van der Waals surface area contributed by atoms with Crippen molar-refractivity contribution in [1.82, 2.24) is 0 Å². The summed E-state index contributed by atoms with van der Waals surface area (Å²) in [5.74, 6) is 0. The first kappa shape index (κ1) is 28.4. The van der Waals surface area contributed by atoms with Gasteiger partial charge in [-0.25, -0.2) is 9.98 Å². The molecule has 0 bridgehead atoms. The Morgan fingerprint density at radius 2 is 0.857 bits per heavy atom. The molecule has 0 fully saturated rings. The Morgan fingerprint density at radius 3 is 1.17 bits per heavy atom. The lowest BCUT2D eigenvalue weighted by Gasteiger charge is -2.08. The van der Waals surface area contributed by atoms with Crippen LogP contribution in [0.5, 0.6) is 0 Å². The lowest BCUT2D eigenvalue weighted by Crippen LogP contribution is -1.91. The predicted molar refractivity (Wildman–Crippen MR) is 151 cm³/mol. The minimum absolute atomic E-state index is 0.755. The van der Waals surface area contributed by atoms with Crippen molar-refractivity contribution in [3.05, 3.63) is 58.7 Å². The van der Waals surface area contributed by atoms with Gasteiger partial charge in [-0.05, 0) is 67.2 Å². The van der Waals surface area contributed by atoms with Crippen molar-refractivity contribution in [3.8, 4) is 0 Å². The number of rotatable bonds is 16. The quantitative estimate of drug-likeness (QED) is 0.173. The number of hydrogen-bond acceptors (Lipinski definition) is 4. The zero-order chi connectivity index (χ0) is 25.1. The smallest absolute Gasteiger partial charge is 0.0949 e. The summed E-state index contributed by atoms with van der Waals surface area (Å²) in [6, 6.07) is 18.9. The van der Waals surface area contributed by atoms with Crippen LogP contribution >= 0.6 is 0 Å². The van der Waals surface area contributed by atoms with E-state index in [1.54, 1.807) is 0 Å². The summed E-state index contributed by atoms with van der Waals surface area (Å²) in [7, 11) is 0. The van der Waals surface area contributed by atoms with E-state index in [2.05, 4.69) is 96.1 Å². The van der Waals surface area contributed by atoms with Crippen LogP contribution in [0.25, 0.3) is 0 Å². The molecule has 0 unspecified atom stereocenters. The van der Waals surface area contributed by atoms with E-state index in [9.17, 15) is 0 Å². The number of benzene rings is 2. The van der Waals surface area contributed by atoms with Gasteiger partial charge >= 0.3 is 0 Å². The Morgan fingerprint density at radius 1 is 0.514 bits per heavy atom. The van der Waals surface area contributed by atoms with Gasteiger partial charge in [0.15, 0.2) is 0 Å². The highest BCUT2D eigenvalue weighted by atomic mass is 14.8. The molecule has 0 radical (unpaired) electrons. The van der Waals surface area contributed by atoms with Gasteiger partial charge in [0, 0.05) is 13.1 Å². The topological polar surface area (TPSA) is 49.4 Å². The molecule has 0 saturated carbocycles. The standard InChI is InChI=1S/C31H44N4/c1-5-14-26-18-12-19-27(15-6-2)30(26)34-24-32-22-10-9-11-23-33-25-35-31-28(16-7-3)20-13-21-29(31)17-8-4/h12-13,18-21H,5-11,14-17,22-23H2,1-4H3. The minimum Gasteiger partial charge on any atom is -0.225 e. The van der Waals surface area contributed by atoms with E-state index in [4.69, 9.17) is 0 Å². The Kier molecular flexibility index (Phi) is 14.3. The van der Waals surface area contributed by atoms with Crippen LogP contribution in [0.15, 0.2) is 56.4 Å². The van der Waals surface area contributed by atoms with Crippen LogP contribution < -0.4 is 0 Å². The molecular formula is C31H44N4. The summed E-state index contributed by atoms with van der Waals surface area (Å²) in [6.45, 7) is 10.3. The largest absolute Gasteiger partial charge is 0.225 e. The van der Waals surface area contributed by atoms with E-state index in [1.165, 1.54) is 22.3 Å². The molecule has 188 valence electrons. The van der Waals surface area contributed by atoms with Crippen molar-refractivity contribution in [2.75, 3.05) is 13.1 Å². The van der Waals surface area contributed by atoms with E-state index in [1.807, 2.05) is 0 Å². The average Bonchev–Trinajstić information content (AvgIpc) is 2.86. The third kappa shape index (κ3) is 10.1. The highest BCUT2D eigenvalue weighted by molar-refractivity contribution is 5.61. The van der Waals surface area contributed by atoms with Crippen LogP contribution in [-0.2, 0) is 25.7 Å². The van der Waals surface area contributed by atoms with Crippen molar-refractivity contribution in [2.24, 2.45) is 20.0 Å². The highest BCUT2D eigenvalue weighted by Gasteiger charge is 2.07. The van der Waals surface area contributed by atoms with Crippen molar-refractivity contribution >= 4 is 23.4 Å². The van der Waals surface area contributed by atoms with Gasteiger partial charge in [-0.2, -0.15) is 9.98 Å². The summed E-state index contributed by atoms with van der Waals surface area (Å²) in [4.78, 5) is 18.1. The van der Waals surface area contributed by atoms with Crippen molar-refractivity contribution in [1.29, 1.82) is 0 Å². The molecule has 0 atom stereocenters.